The highest BCUT2D eigenvalue weighted by molar-refractivity contribution is 7.99. The Morgan fingerprint density at radius 3 is 2.62 bits per heavy atom. The van der Waals surface area contributed by atoms with E-state index in [1.165, 1.54) is 0 Å². The molecule has 0 saturated carbocycles. The number of nitrogen functional groups attached to an aromatic ring is 1. The summed E-state index contributed by atoms with van der Waals surface area (Å²) < 4.78 is 10.9. The third-order valence-corrected chi connectivity index (χ3v) is 4.23. The van der Waals surface area contributed by atoms with Gasteiger partial charge in [0, 0.05) is 27.4 Å². The minimum Gasteiger partial charge on any atom is -0.496 e. The largest absolute Gasteiger partial charge is 0.496 e. The highest BCUT2D eigenvalue weighted by Crippen LogP contribution is 2.31. The fourth-order valence-corrected chi connectivity index (χ4v) is 3.00. The van der Waals surface area contributed by atoms with Gasteiger partial charge in [0.15, 0.2) is 0 Å². The van der Waals surface area contributed by atoms with Crippen LogP contribution in [-0.4, -0.2) is 19.5 Å². The van der Waals surface area contributed by atoms with Crippen LogP contribution >= 0.6 is 35.0 Å². The zero-order valence-electron chi connectivity index (χ0n) is 11.4. The summed E-state index contributed by atoms with van der Waals surface area (Å²) in [6.45, 7) is 0.527. The van der Waals surface area contributed by atoms with Crippen molar-refractivity contribution in [3.05, 3.63) is 46.4 Å². The lowest BCUT2D eigenvalue weighted by atomic mass is 10.3. The summed E-state index contributed by atoms with van der Waals surface area (Å²) in [5.41, 5.74) is 6.40. The summed E-state index contributed by atoms with van der Waals surface area (Å²) in [6, 6.07) is 10.8. The zero-order valence-corrected chi connectivity index (χ0v) is 13.8. The molecule has 21 heavy (non-hydrogen) atoms. The number of hydrogen-bond donors (Lipinski definition) is 1. The first kappa shape index (κ1) is 16.1. The molecule has 2 N–H and O–H groups in total. The Kier molecular flexibility index (Phi) is 5.91. The number of benzene rings is 2. The Hall–Kier alpha value is -1.23. The van der Waals surface area contributed by atoms with Gasteiger partial charge in [0.05, 0.1) is 18.7 Å². The van der Waals surface area contributed by atoms with E-state index in [4.69, 9.17) is 38.4 Å². The average Bonchev–Trinajstić information content (AvgIpc) is 2.46. The van der Waals surface area contributed by atoms with E-state index in [-0.39, 0.29) is 0 Å². The maximum Gasteiger partial charge on any atom is 0.138 e. The predicted octanol–water partition coefficient (Wildman–Crippen LogP) is 4.76. The number of ether oxygens (including phenoxy) is 2. The monoisotopic (exact) mass is 343 g/mol. The van der Waals surface area contributed by atoms with Gasteiger partial charge < -0.3 is 15.2 Å². The minimum atomic E-state index is 0.512. The molecule has 0 saturated heterocycles. The van der Waals surface area contributed by atoms with Crippen molar-refractivity contribution in [2.45, 2.75) is 4.90 Å². The summed E-state index contributed by atoms with van der Waals surface area (Å²) in [5.74, 6) is 2.16. The highest BCUT2D eigenvalue weighted by atomic mass is 35.5. The fraction of sp³-hybridized carbons (Fsp3) is 0.200. The highest BCUT2D eigenvalue weighted by Gasteiger charge is 2.05. The van der Waals surface area contributed by atoms with Gasteiger partial charge in [-0.2, -0.15) is 0 Å². The van der Waals surface area contributed by atoms with Crippen LogP contribution in [0.3, 0.4) is 0 Å². The number of nitrogens with two attached hydrogens (primary N) is 1. The first-order valence-electron chi connectivity index (χ1n) is 6.24. The lowest BCUT2D eigenvalue weighted by Crippen LogP contribution is -2.01. The van der Waals surface area contributed by atoms with E-state index in [1.54, 1.807) is 43.1 Å². The Morgan fingerprint density at radius 2 is 1.90 bits per heavy atom. The van der Waals surface area contributed by atoms with Crippen molar-refractivity contribution < 1.29 is 9.47 Å². The molecule has 6 heteroatoms. The molecule has 0 fully saturated rings. The Morgan fingerprint density at radius 1 is 1.10 bits per heavy atom. The average molecular weight is 344 g/mol. The number of thioether (sulfide) groups is 1. The normalized spacial score (nSPS) is 10.4. The molecule has 0 unspecified atom stereocenters. The number of methoxy groups -OCH3 is 1. The molecule has 0 atom stereocenters. The summed E-state index contributed by atoms with van der Waals surface area (Å²) in [7, 11) is 1.63. The molecule has 2 aromatic carbocycles. The number of hydrogen-bond acceptors (Lipinski definition) is 4. The summed E-state index contributed by atoms with van der Waals surface area (Å²) >= 11 is 13.5. The number of halogens is 2. The summed E-state index contributed by atoms with van der Waals surface area (Å²) in [6.07, 6.45) is 0. The summed E-state index contributed by atoms with van der Waals surface area (Å²) in [5, 5.41) is 1.10. The van der Waals surface area contributed by atoms with Gasteiger partial charge in [0.1, 0.15) is 11.5 Å². The molecule has 0 amide bonds. The molecule has 0 spiro atoms. The molecule has 0 aliphatic heterocycles. The van der Waals surface area contributed by atoms with Crippen molar-refractivity contribution in [2.75, 3.05) is 25.2 Å². The van der Waals surface area contributed by atoms with E-state index in [0.717, 1.165) is 16.4 Å². The molecule has 0 aliphatic carbocycles. The Bertz CT molecular complexity index is 623. The molecule has 0 radical (unpaired) electrons. The van der Waals surface area contributed by atoms with Gasteiger partial charge in [-0.25, -0.2) is 0 Å². The zero-order chi connectivity index (χ0) is 15.2. The number of anilines is 1. The van der Waals surface area contributed by atoms with E-state index in [0.29, 0.717) is 28.1 Å². The van der Waals surface area contributed by atoms with Crippen LogP contribution in [0.15, 0.2) is 41.3 Å². The van der Waals surface area contributed by atoms with Gasteiger partial charge >= 0.3 is 0 Å². The first-order chi connectivity index (χ1) is 10.1. The van der Waals surface area contributed by atoms with Gasteiger partial charge in [-0.1, -0.05) is 23.2 Å². The number of rotatable bonds is 6. The van der Waals surface area contributed by atoms with Crippen molar-refractivity contribution in [1.29, 1.82) is 0 Å². The van der Waals surface area contributed by atoms with Gasteiger partial charge in [-0.3, -0.25) is 0 Å². The van der Waals surface area contributed by atoms with Crippen LogP contribution in [-0.2, 0) is 0 Å². The molecular formula is C15H15Cl2NO2S. The van der Waals surface area contributed by atoms with E-state index in [1.807, 2.05) is 12.1 Å². The SMILES string of the molecule is COc1cc(N)ccc1SCCOc1ccc(Cl)cc1Cl. The van der Waals surface area contributed by atoms with Gasteiger partial charge in [0.2, 0.25) is 0 Å². The maximum absolute atomic E-state index is 6.04. The first-order valence-corrected chi connectivity index (χ1v) is 7.98. The molecular weight excluding hydrogens is 329 g/mol. The molecule has 2 aromatic rings. The quantitative estimate of drug-likeness (QED) is 0.466. The topological polar surface area (TPSA) is 44.5 Å². The van der Waals surface area contributed by atoms with E-state index >= 15 is 0 Å². The molecule has 0 heterocycles. The minimum absolute atomic E-state index is 0.512. The molecule has 112 valence electrons. The molecule has 0 aliphatic rings. The van der Waals surface area contributed by atoms with E-state index in [9.17, 15) is 0 Å². The van der Waals surface area contributed by atoms with Crippen LogP contribution in [0.25, 0.3) is 0 Å². The maximum atomic E-state index is 6.04. The van der Waals surface area contributed by atoms with Crippen molar-refractivity contribution in [2.24, 2.45) is 0 Å². The van der Waals surface area contributed by atoms with E-state index < -0.39 is 0 Å². The summed E-state index contributed by atoms with van der Waals surface area (Å²) in [4.78, 5) is 1.03. The second kappa shape index (κ2) is 7.69. The van der Waals surface area contributed by atoms with E-state index in [2.05, 4.69) is 0 Å². The van der Waals surface area contributed by atoms with Crippen molar-refractivity contribution in [1.82, 2.24) is 0 Å². The second-order valence-electron chi connectivity index (χ2n) is 4.18. The van der Waals surface area contributed by atoms with Crippen LogP contribution < -0.4 is 15.2 Å². The fourth-order valence-electron chi connectivity index (χ4n) is 1.70. The van der Waals surface area contributed by atoms with Gasteiger partial charge in [0.25, 0.3) is 0 Å². The van der Waals surface area contributed by atoms with Crippen molar-refractivity contribution in [3.63, 3.8) is 0 Å². The van der Waals surface area contributed by atoms with Crippen LogP contribution in [0, 0.1) is 0 Å². The van der Waals surface area contributed by atoms with Crippen LogP contribution in [0.4, 0.5) is 5.69 Å². The van der Waals surface area contributed by atoms with Crippen molar-refractivity contribution >= 4 is 40.7 Å². The third-order valence-electron chi connectivity index (χ3n) is 2.68. The predicted molar refractivity (Wildman–Crippen MR) is 90.1 cm³/mol. The van der Waals surface area contributed by atoms with Crippen LogP contribution in [0.5, 0.6) is 11.5 Å². The Labute approximate surface area is 138 Å². The Balaban J connectivity index is 1.87. The van der Waals surface area contributed by atoms with Crippen LogP contribution in [0.2, 0.25) is 10.0 Å². The lowest BCUT2D eigenvalue weighted by Gasteiger charge is -2.10. The molecule has 0 aromatic heterocycles. The molecule has 2 rings (SSSR count). The van der Waals surface area contributed by atoms with Gasteiger partial charge in [-0.15, -0.1) is 11.8 Å². The molecule has 3 nitrogen and oxygen atoms in total. The standard InChI is InChI=1S/C15H15Cl2NO2S/c1-19-14-9-11(18)3-5-15(14)21-7-6-20-13-4-2-10(16)8-12(13)17/h2-5,8-9H,6-7,18H2,1H3. The smallest absolute Gasteiger partial charge is 0.138 e. The second-order valence-corrected chi connectivity index (χ2v) is 6.16. The van der Waals surface area contributed by atoms with Gasteiger partial charge in [-0.05, 0) is 30.3 Å². The third kappa shape index (κ3) is 4.63. The van der Waals surface area contributed by atoms with Crippen LogP contribution in [0.1, 0.15) is 0 Å². The lowest BCUT2D eigenvalue weighted by molar-refractivity contribution is 0.344. The van der Waals surface area contributed by atoms with Crippen molar-refractivity contribution in [3.8, 4) is 11.5 Å². The molecule has 0 bridgehead atoms.